The molecule has 1 aliphatic rings. The molecule has 6 heteroatoms. The number of carbonyl (C=O) groups excluding carboxylic acids is 2. The molecule has 3 aromatic rings. The molecule has 1 unspecified atom stereocenters. The highest BCUT2D eigenvalue weighted by Gasteiger charge is 2.39. The van der Waals surface area contributed by atoms with Crippen LogP contribution in [0.5, 0.6) is 0 Å². The zero-order chi connectivity index (χ0) is 21.8. The van der Waals surface area contributed by atoms with E-state index in [1.807, 2.05) is 44.4 Å². The van der Waals surface area contributed by atoms with Gasteiger partial charge in [0.2, 0.25) is 5.91 Å². The fourth-order valence-corrected chi connectivity index (χ4v) is 3.81. The van der Waals surface area contributed by atoms with Crippen molar-refractivity contribution in [2.75, 3.05) is 25.5 Å². The Bertz CT molecular complexity index is 1100. The minimum absolute atomic E-state index is 0.0833. The van der Waals surface area contributed by atoms with Gasteiger partial charge >= 0.3 is 0 Å². The maximum Gasteiger partial charge on any atom is 0.266 e. The summed E-state index contributed by atoms with van der Waals surface area (Å²) in [6.45, 7) is 0.500. The highest BCUT2D eigenvalue weighted by atomic mass is 16.2. The first-order valence-electron chi connectivity index (χ1n) is 10.2. The number of hydrogen-bond donors (Lipinski definition) is 0. The smallest absolute Gasteiger partial charge is 0.266 e. The van der Waals surface area contributed by atoms with Crippen LogP contribution in [0.1, 0.15) is 33.4 Å². The van der Waals surface area contributed by atoms with Gasteiger partial charge in [-0.05, 0) is 43.4 Å². The number of amides is 2. The van der Waals surface area contributed by atoms with Gasteiger partial charge in [0.25, 0.3) is 5.91 Å². The molecule has 2 aromatic carbocycles. The molecule has 31 heavy (non-hydrogen) atoms. The number of anilines is 1. The highest BCUT2D eigenvalue weighted by molar-refractivity contribution is 6.28. The van der Waals surface area contributed by atoms with Gasteiger partial charge in [0.05, 0.1) is 18.5 Å². The largest absolute Gasteiger partial charge is 0.301 e. The lowest BCUT2D eigenvalue weighted by atomic mass is 9.89. The molecular formula is C25H24N4O2. The van der Waals surface area contributed by atoms with Crippen molar-refractivity contribution in [1.82, 2.24) is 9.88 Å². The molecule has 6 nitrogen and oxygen atoms in total. The molecule has 0 spiro atoms. The molecule has 0 saturated heterocycles. The van der Waals surface area contributed by atoms with Gasteiger partial charge in [-0.2, -0.15) is 0 Å². The van der Waals surface area contributed by atoms with Gasteiger partial charge < -0.3 is 4.90 Å². The van der Waals surface area contributed by atoms with E-state index in [-0.39, 0.29) is 17.9 Å². The standard InChI is InChI=1S/C25H24N4O2/c1-28(2)22(18-10-4-3-5-11-18)17-26-16-21-19-12-6-7-13-20(19)24(30)29(25(21)31)23-14-8-9-15-27-23/h3-16,21-22H,17H2,1-2H3/t21?,22-/m0/s1. The highest BCUT2D eigenvalue weighted by Crippen LogP contribution is 2.31. The molecule has 2 atom stereocenters. The lowest BCUT2D eigenvalue weighted by Gasteiger charge is -2.30. The number of nitrogens with zero attached hydrogens (tertiary/aromatic N) is 4. The molecule has 0 radical (unpaired) electrons. The molecule has 156 valence electrons. The van der Waals surface area contributed by atoms with Crippen LogP contribution in [0, 0.1) is 0 Å². The Morgan fingerprint density at radius 2 is 1.71 bits per heavy atom. The lowest BCUT2D eigenvalue weighted by Crippen LogP contribution is -2.46. The normalized spacial score (nSPS) is 17.3. The zero-order valence-corrected chi connectivity index (χ0v) is 17.6. The number of likely N-dealkylation sites (N-methyl/N-ethyl adjacent to an activating group) is 1. The van der Waals surface area contributed by atoms with Crippen LogP contribution in [0.15, 0.2) is 84.0 Å². The van der Waals surface area contributed by atoms with Crippen LogP contribution in [-0.4, -0.2) is 48.6 Å². The van der Waals surface area contributed by atoms with E-state index in [1.54, 1.807) is 42.7 Å². The Morgan fingerprint density at radius 3 is 2.42 bits per heavy atom. The predicted molar refractivity (Wildman–Crippen MR) is 121 cm³/mol. The van der Waals surface area contributed by atoms with Crippen LogP contribution in [-0.2, 0) is 4.79 Å². The molecule has 0 fully saturated rings. The van der Waals surface area contributed by atoms with E-state index >= 15 is 0 Å². The number of aliphatic imine (C=N–C) groups is 1. The number of fused-ring (bicyclic) bond motifs is 1. The van der Waals surface area contributed by atoms with Crippen molar-refractivity contribution in [2.45, 2.75) is 12.0 Å². The van der Waals surface area contributed by atoms with Gasteiger partial charge in [-0.3, -0.25) is 14.6 Å². The monoisotopic (exact) mass is 412 g/mol. The van der Waals surface area contributed by atoms with Gasteiger partial charge in [0.1, 0.15) is 5.82 Å². The van der Waals surface area contributed by atoms with E-state index in [9.17, 15) is 9.59 Å². The molecule has 0 N–H and O–H groups in total. The van der Waals surface area contributed by atoms with Crippen molar-refractivity contribution in [2.24, 2.45) is 4.99 Å². The Balaban J connectivity index is 1.65. The van der Waals surface area contributed by atoms with E-state index in [4.69, 9.17) is 0 Å². The number of carbonyl (C=O) groups is 2. The number of imide groups is 1. The number of rotatable bonds is 6. The molecule has 2 heterocycles. The van der Waals surface area contributed by atoms with Crippen LogP contribution < -0.4 is 4.90 Å². The number of pyridine rings is 1. The maximum atomic E-state index is 13.3. The van der Waals surface area contributed by atoms with Gasteiger partial charge in [-0.1, -0.05) is 54.6 Å². The van der Waals surface area contributed by atoms with Crippen molar-refractivity contribution >= 4 is 23.8 Å². The van der Waals surface area contributed by atoms with Crippen molar-refractivity contribution in [1.29, 1.82) is 0 Å². The third kappa shape index (κ3) is 4.15. The summed E-state index contributed by atoms with van der Waals surface area (Å²) in [6, 6.07) is 22.6. The van der Waals surface area contributed by atoms with Crippen LogP contribution in [0.4, 0.5) is 5.82 Å². The molecule has 0 bridgehead atoms. The van der Waals surface area contributed by atoms with E-state index in [1.165, 1.54) is 0 Å². The van der Waals surface area contributed by atoms with Crippen molar-refractivity contribution in [3.05, 3.63) is 95.7 Å². The second kappa shape index (κ2) is 9.02. The Hall–Kier alpha value is -3.64. The molecule has 0 aliphatic carbocycles. The minimum atomic E-state index is -0.644. The third-order valence-electron chi connectivity index (χ3n) is 5.43. The van der Waals surface area contributed by atoms with Gasteiger partial charge in [-0.25, -0.2) is 9.88 Å². The first kappa shape index (κ1) is 20.6. The summed E-state index contributed by atoms with van der Waals surface area (Å²) in [6.07, 6.45) is 3.24. The van der Waals surface area contributed by atoms with Gasteiger partial charge in [0.15, 0.2) is 0 Å². The molecule has 1 aromatic heterocycles. The Morgan fingerprint density at radius 1 is 1.00 bits per heavy atom. The first-order chi connectivity index (χ1) is 15.1. The fourth-order valence-electron chi connectivity index (χ4n) is 3.81. The average molecular weight is 412 g/mol. The molecule has 2 amide bonds. The van der Waals surface area contributed by atoms with Crippen LogP contribution in [0.3, 0.4) is 0 Å². The predicted octanol–water partition coefficient (Wildman–Crippen LogP) is 3.73. The van der Waals surface area contributed by atoms with Crippen molar-refractivity contribution < 1.29 is 9.59 Å². The summed E-state index contributed by atoms with van der Waals surface area (Å²) in [5.41, 5.74) is 2.33. The van der Waals surface area contributed by atoms with E-state index in [0.717, 1.165) is 10.5 Å². The Kier molecular flexibility index (Phi) is 6.00. The fraction of sp³-hybridized carbons (Fsp3) is 0.200. The quantitative estimate of drug-likeness (QED) is 0.457. The molecule has 1 aliphatic heterocycles. The van der Waals surface area contributed by atoms with E-state index < -0.39 is 5.92 Å². The molecular weight excluding hydrogens is 388 g/mol. The number of aromatic nitrogens is 1. The summed E-state index contributed by atoms with van der Waals surface area (Å²) in [5.74, 6) is -1.03. The van der Waals surface area contributed by atoms with Crippen molar-refractivity contribution in [3.8, 4) is 0 Å². The summed E-state index contributed by atoms with van der Waals surface area (Å²) in [5, 5.41) is 0. The van der Waals surface area contributed by atoms with Crippen LogP contribution in [0.25, 0.3) is 0 Å². The minimum Gasteiger partial charge on any atom is -0.301 e. The Labute approximate surface area is 181 Å². The topological polar surface area (TPSA) is 65.9 Å². The summed E-state index contributed by atoms with van der Waals surface area (Å²) in [4.78, 5) is 38.5. The third-order valence-corrected chi connectivity index (χ3v) is 5.43. The summed E-state index contributed by atoms with van der Waals surface area (Å²) < 4.78 is 0. The second-order valence-electron chi connectivity index (χ2n) is 7.64. The number of hydrogen-bond acceptors (Lipinski definition) is 5. The van der Waals surface area contributed by atoms with Crippen LogP contribution in [0.2, 0.25) is 0 Å². The van der Waals surface area contributed by atoms with Crippen LogP contribution >= 0.6 is 0 Å². The first-order valence-corrected chi connectivity index (χ1v) is 10.2. The summed E-state index contributed by atoms with van der Waals surface area (Å²) >= 11 is 0. The summed E-state index contributed by atoms with van der Waals surface area (Å²) in [7, 11) is 4.02. The number of benzene rings is 2. The molecule has 0 saturated carbocycles. The zero-order valence-electron chi connectivity index (χ0n) is 17.6. The van der Waals surface area contributed by atoms with E-state index in [0.29, 0.717) is 23.5 Å². The SMILES string of the molecule is CN(C)[C@@H](CN=CC1C(=O)N(c2ccccn2)C(=O)c2ccccc21)c1ccccc1. The second-order valence-corrected chi connectivity index (χ2v) is 7.64. The molecule has 4 rings (SSSR count). The van der Waals surface area contributed by atoms with E-state index in [2.05, 4.69) is 27.0 Å². The average Bonchev–Trinajstić information content (AvgIpc) is 2.80. The lowest BCUT2D eigenvalue weighted by molar-refractivity contribution is -0.118. The maximum absolute atomic E-state index is 13.3. The van der Waals surface area contributed by atoms with Gasteiger partial charge in [0, 0.05) is 18.0 Å². The van der Waals surface area contributed by atoms with Gasteiger partial charge in [-0.15, -0.1) is 0 Å². The van der Waals surface area contributed by atoms with Crippen molar-refractivity contribution in [3.63, 3.8) is 0 Å².